The van der Waals surface area contributed by atoms with Gasteiger partial charge in [-0.25, -0.2) is 0 Å². The zero-order valence-corrected chi connectivity index (χ0v) is 13.1. The number of hydrogen-bond donors (Lipinski definition) is 2. The minimum atomic E-state index is -0.440. The lowest BCUT2D eigenvalue weighted by molar-refractivity contribution is -0.140. The van der Waals surface area contributed by atoms with Crippen LogP contribution >= 0.6 is 0 Å². The minimum absolute atomic E-state index is 0.0715. The van der Waals surface area contributed by atoms with Crippen molar-refractivity contribution >= 4 is 11.8 Å². The molecule has 0 aromatic heterocycles. The van der Waals surface area contributed by atoms with E-state index in [1.54, 1.807) is 4.90 Å². The van der Waals surface area contributed by atoms with Crippen LogP contribution < -0.4 is 15.4 Å². The Labute approximate surface area is 130 Å². The number of amides is 2. The molecule has 2 rings (SSSR count). The third-order valence-electron chi connectivity index (χ3n) is 3.70. The van der Waals surface area contributed by atoms with Crippen LogP contribution in [0.15, 0.2) is 24.3 Å². The second-order valence-corrected chi connectivity index (χ2v) is 5.34. The van der Waals surface area contributed by atoms with E-state index >= 15 is 0 Å². The molecular formula is C16H23N3O3. The zero-order chi connectivity index (χ0) is 15.9. The topological polar surface area (TPSA) is 70.7 Å². The lowest BCUT2D eigenvalue weighted by Gasteiger charge is -2.34. The molecule has 0 saturated carbocycles. The monoisotopic (exact) mass is 305 g/mol. The third-order valence-corrected chi connectivity index (χ3v) is 3.70. The predicted octanol–water partition coefficient (Wildman–Crippen LogP) is 0.310. The molecule has 2 N–H and O–H groups in total. The molecule has 22 heavy (non-hydrogen) atoms. The number of nitrogens with zero attached hydrogens (tertiary/aromatic N) is 1. The number of rotatable bonds is 5. The molecule has 1 atom stereocenters. The van der Waals surface area contributed by atoms with Crippen molar-refractivity contribution in [2.24, 2.45) is 0 Å². The third kappa shape index (κ3) is 4.21. The van der Waals surface area contributed by atoms with Crippen LogP contribution in [0, 0.1) is 6.92 Å². The number of carbonyl (C=O) groups excluding carboxylic acids is 2. The number of benzene rings is 1. The lowest BCUT2D eigenvalue weighted by Crippen LogP contribution is -2.59. The van der Waals surface area contributed by atoms with Crippen LogP contribution in [0.3, 0.4) is 0 Å². The summed E-state index contributed by atoms with van der Waals surface area (Å²) < 4.78 is 5.64. The van der Waals surface area contributed by atoms with Gasteiger partial charge in [0.25, 0.3) is 0 Å². The van der Waals surface area contributed by atoms with E-state index in [0.29, 0.717) is 26.2 Å². The molecule has 1 saturated heterocycles. The number of carbonyl (C=O) groups is 2. The highest BCUT2D eigenvalue weighted by Crippen LogP contribution is 2.15. The first kappa shape index (κ1) is 16.3. The smallest absolute Gasteiger partial charge is 0.244 e. The Kier molecular flexibility index (Phi) is 5.77. The van der Waals surface area contributed by atoms with E-state index in [9.17, 15) is 9.59 Å². The minimum Gasteiger partial charge on any atom is -0.491 e. The van der Waals surface area contributed by atoms with Crippen molar-refractivity contribution in [1.29, 1.82) is 0 Å². The van der Waals surface area contributed by atoms with Crippen molar-refractivity contribution < 1.29 is 14.3 Å². The highest BCUT2D eigenvalue weighted by atomic mass is 16.5. The van der Waals surface area contributed by atoms with Crippen molar-refractivity contribution in [2.75, 3.05) is 32.8 Å². The van der Waals surface area contributed by atoms with Crippen LogP contribution in [0.5, 0.6) is 5.75 Å². The fourth-order valence-electron chi connectivity index (χ4n) is 2.49. The molecule has 1 heterocycles. The normalized spacial score (nSPS) is 17.9. The van der Waals surface area contributed by atoms with Crippen LogP contribution in [-0.2, 0) is 9.59 Å². The van der Waals surface area contributed by atoms with Crippen LogP contribution in [-0.4, -0.2) is 55.5 Å². The van der Waals surface area contributed by atoms with E-state index in [4.69, 9.17) is 4.74 Å². The number of nitrogens with one attached hydrogen (secondary N) is 2. The Morgan fingerprint density at radius 3 is 2.91 bits per heavy atom. The average molecular weight is 305 g/mol. The van der Waals surface area contributed by atoms with Crippen molar-refractivity contribution in [3.05, 3.63) is 29.8 Å². The maximum atomic E-state index is 12.2. The van der Waals surface area contributed by atoms with E-state index in [1.165, 1.54) is 6.92 Å². The molecule has 2 amide bonds. The number of para-hydroxylation sites is 1. The van der Waals surface area contributed by atoms with Gasteiger partial charge >= 0.3 is 0 Å². The molecule has 6 heteroatoms. The van der Waals surface area contributed by atoms with Crippen LogP contribution in [0.1, 0.15) is 12.5 Å². The molecule has 1 fully saturated rings. The molecule has 1 aliphatic rings. The molecule has 0 bridgehead atoms. The van der Waals surface area contributed by atoms with Crippen molar-refractivity contribution in [1.82, 2.24) is 15.5 Å². The molecule has 0 spiro atoms. The summed E-state index contributed by atoms with van der Waals surface area (Å²) in [7, 11) is 0. The molecule has 0 radical (unpaired) electrons. The summed E-state index contributed by atoms with van der Waals surface area (Å²) in [6.07, 6.45) is 0. The Balaban J connectivity index is 1.77. The molecule has 6 nitrogen and oxygen atoms in total. The number of piperazine rings is 1. The summed E-state index contributed by atoms with van der Waals surface area (Å²) in [5.41, 5.74) is 1.06. The van der Waals surface area contributed by atoms with Gasteiger partial charge in [-0.15, -0.1) is 0 Å². The molecule has 0 unspecified atom stereocenters. The standard InChI is InChI=1S/C16H23N3O3/c1-12-5-3-4-6-15(12)22-10-8-18-16(21)14-11-17-7-9-19(14)13(2)20/h3-6,14,17H,7-11H2,1-2H3,(H,18,21)/t14-/m0/s1. The molecule has 1 aliphatic heterocycles. The Morgan fingerprint density at radius 2 is 2.18 bits per heavy atom. The van der Waals surface area contributed by atoms with Gasteiger partial charge in [0, 0.05) is 26.6 Å². The first-order valence-electron chi connectivity index (χ1n) is 7.53. The van der Waals surface area contributed by atoms with Gasteiger partial charge < -0.3 is 20.3 Å². The zero-order valence-electron chi connectivity index (χ0n) is 13.1. The Morgan fingerprint density at radius 1 is 1.41 bits per heavy atom. The largest absolute Gasteiger partial charge is 0.491 e. The Bertz CT molecular complexity index is 533. The fraction of sp³-hybridized carbons (Fsp3) is 0.500. The van der Waals surface area contributed by atoms with E-state index < -0.39 is 6.04 Å². The quantitative estimate of drug-likeness (QED) is 0.768. The summed E-state index contributed by atoms with van der Waals surface area (Å²) in [6.45, 7) is 6.06. The SMILES string of the molecule is CC(=O)N1CCNC[C@H]1C(=O)NCCOc1ccccc1C. The molecule has 1 aromatic rings. The number of hydrogen-bond acceptors (Lipinski definition) is 4. The van der Waals surface area contributed by atoms with E-state index in [2.05, 4.69) is 10.6 Å². The second-order valence-electron chi connectivity index (χ2n) is 5.34. The number of aryl methyl sites for hydroxylation is 1. The highest BCUT2D eigenvalue weighted by Gasteiger charge is 2.29. The average Bonchev–Trinajstić information content (AvgIpc) is 2.52. The second kappa shape index (κ2) is 7.79. The lowest BCUT2D eigenvalue weighted by atomic mass is 10.1. The van der Waals surface area contributed by atoms with Gasteiger partial charge in [-0.1, -0.05) is 18.2 Å². The van der Waals surface area contributed by atoms with Gasteiger partial charge in [0.05, 0.1) is 6.54 Å². The van der Waals surface area contributed by atoms with Gasteiger partial charge in [0.2, 0.25) is 11.8 Å². The van der Waals surface area contributed by atoms with Gasteiger partial charge in [0.15, 0.2) is 0 Å². The summed E-state index contributed by atoms with van der Waals surface area (Å²) in [5, 5.41) is 5.97. The van der Waals surface area contributed by atoms with Crippen molar-refractivity contribution in [3.63, 3.8) is 0 Å². The molecule has 1 aromatic carbocycles. The van der Waals surface area contributed by atoms with E-state index in [-0.39, 0.29) is 11.8 Å². The van der Waals surface area contributed by atoms with Crippen molar-refractivity contribution in [2.45, 2.75) is 19.9 Å². The summed E-state index contributed by atoms with van der Waals surface area (Å²) in [5.74, 6) is 0.607. The first-order valence-corrected chi connectivity index (χ1v) is 7.53. The van der Waals surface area contributed by atoms with Crippen molar-refractivity contribution in [3.8, 4) is 5.75 Å². The maximum Gasteiger partial charge on any atom is 0.244 e. The summed E-state index contributed by atoms with van der Waals surface area (Å²) in [4.78, 5) is 25.4. The van der Waals surface area contributed by atoms with Gasteiger partial charge in [-0.05, 0) is 18.6 Å². The summed E-state index contributed by atoms with van der Waals surface area (Å²) >= 11 is 0. The maximum absolute atomic E-state index is 12.2. The van der Waals surface area contributed by atoms with E-state index in [1.807, 2.05) is 31.2 Å². The first-order chi connectivity index (χ1) is 10.6. The van der Waals surface area contributed by atoms with Crippen LogP contribution in [0.25, 0.3) is 0 Å². The van der Waals surface area contributed by atoms with Gasteiger partial charge in [-0.2, -0.15) is 0 Å². The van der Waals surface area contributed by atoms with Crippen LogP contribution in [0.2, 0.25) is 0 Å². The highest BCUT2D eigenvalue weighted by molar-refractivity contribution is 5.87. The number of ether oxygens (including phenoxy) is 1. The fourth-order valence-corrected chi connectivity index (χ4v) is 2.49. The van der Waals surface area contributed by atoms with Gasteiger partial charge in [0.1, 0.15) is 18.4 Å². The van der Waals surface area contributed by atoms with E-state index in [0.717, 1.165) is 17.9 Å². The summed E-state index contributed by atoms with van der Waals surface area (Å²) in [6, 6.07) is 7.31. The molecule has 120 valence electrons. The molecule has 0 aliphatic carbocycles. The van der Waals surface area contributed by atoms with Crippen LogP contribution in [0.4, 0.5) is 0 Å². The Hall–Kier alpha value is -2.08. The predicted molar refractivity (Wildman–Crippen MR) is 83.7 cm³/mol. The molecular weight excluding hydrogens is 282 g/mol. The van der Waals surface area contributed by atoms with Gasteiger partial charge in [-0.3, -0.25) is 9.59 Å².